The van der Waals surface area contributed by atoms with E-state index in [0.717, 1.165) is 0 Å². The van der Waals surface area contributed by atoms with Crippen LogP contribution >= 0.6 is 10.7 Å². The van der Waals surface area contributed by atoms with E-state index in [0.29, 0.717) is 12.1 Å². The molecule has 1 aromatic rings. The van der Waals surface area contributed by atoms with Gasteiger partial charge in [0, 0.05) is 10.7 Å². The lowest BCUT2D eigenvalue weighted by Crippen LogP contribution is -2.21. The topological polar surface area (TPSA) is 89.1 Å². The predicted molar refractivity (Wildman–Crippen MR) is 70.7 cm³/mol. The quantitative estimate of drug-likeness (QED) is 0.664. The van der Waals surface area contributed by atoms with Gasteiger partial charge < -0.3 is 4.74 Å². The standard InChI is InChI=1S/C11H17ClN2O4S/c1-5-8-10(19(12,16)17)9(14-13-8)11(15)18-7(4)6(2)3/h6-7H,5H2,1-4H3,(H,13,14). The van der Waals surface area contributed by atoms with E-state index in [1.807, 2.05) is 13.8 Å². The van der Waals surface area contributed by atoms with Gasteiger partial charge in [0.1, 0.15) is 11.0 Å². The number of carbonyl (C=O) groups is 1. The highest BCUT2D eigenvalue weighted by Crippen LogP contribution is 2.24. The largest absolute Gasteiger partial charge is 0.458 e. The Morgan fingerprint density at radius 2 is 2.00 bits per heavy atom. The van der Waals surface area contributed by atoms with Crippen LogP contribution in [0.25, 0.3) is 0 Å². The SMILES string of the molecule is CCc1[nH]nc(C(=O)OC(C)C(C)C)c1S(=O)(=O)Cl. The number of halogens is 1. The molecule has 0 aliphatic heterocycles. The van der Waals surface area contributed by atoms with Crippen molar-refractivity contribution >= 4 is 25.7 Å². The Hall–Kier alpha value is -1.08. The third-order valence-corrected chi connectivity index (χ3v) is 4.20. The fourth-order valence-electron chi connectivity index (χ4n) is 1.37. The molecule has 1 rings (SSSR count). The van der Waals surface area contributed by atoms with Crippen molar-refractivity contribution in [3.05, 3.63) is 11.4 Å². The molecule has 1 N–H and O–H groups in total. The zero-order valence-electron chi connectivity index (χ0n) is 11.2. The summed E-state index contributed by atoms with van der Waals surface area (Å²) in [5, 5.41) is 6.20. The maximum absolute atomic E-state index is 11.9. The van der Waals surface area contributed by atoms with E-state index in [2.05, 4.69) is 10.2 Å². The van der Waals surface area contributed by atoms with Gasteiger partial charge in [-0.25, -0.2) is 13.2 Å². The third-order valence-electron chi connectivity index (χ3n) is 2.81. The van der Waals surface area contributed by atoms with E-state index in [-0.39, 0.29) is 22.6 Å². The Morgan fingerprint density at radius 3 is 2.42 bits per heavy atom. The van der Waals surface area contributed by atoms with E-state index in [1.54, 1.807) is 13.8 Å². The smallest absolute Gasteiger partial charge is 0.360 e. The van der Waals surface area contributed by atoms with Crippen molar-refractivity contribution in [1.82, 2.24) is 10.2 Å². The number of esters is 1. The summed E-state index contributed by atoms with van der Waals surface area (Å²) in [5.41, 5.74) is -0.00139. The first-order chi connectivity index (χ1) is 8.68. The minimum absolute atomic E-state index is 0.115. The molecule has 0 saturated heterocycles. The second kappa shape index (κ2) is 5.92. The number of nitrogens with zero attached hydrogens (tertiary/aromatic N) is 1. The van der Waals surface area contributed by atoms with Crippen LogP contribution in [0, 0.1) is 5.92 Å². The van der Waals surface area contributed by atoms with Crippen molar-refractivity contribution in [2.24, 2.45) is 5.92 Å². The van der Waals surface area contributed by atoms with Gasteiger partial charge in [0.05, 0.1) is 5.69 Å². The van der Waals surface area contributed by atoms with Crippen LogP contribution in [0.3, 0.4) is 0 Å². The maximum atomic E-state index is 11.9. The van der Waals surface area contributed by atoms with Crippen LogP contribution in [-0.2, 0) is 20.2 Å². The molecule has 0 aliphatic rings. The lowest BCUT2D eigenvalue weighted by molar-refractivity contribution is 0.0227. The molecule has 0 saturated carbocycles. The van der Waals surface area contributed by atoms with Crippen molar-refractivity contribution < 1.29 is 17.9 Å². The van der Waals surface area contributed by atoms with Crippen LogP contribution in [0.5, 0.6) is 0 Å². The molecule has 1 unspecified atom stereocenters. The van der Waals surface area contributed by atoms with Crippen LogP contribution in [0.1, 0.15) is 43.9 Å². The summed E-state index contributed by atoms with van der Waals surface area (Å²) in [7, 11) is 1.28. The van der Waals surface area contributed by atoms with Gasteiger partial charge in [-0.2, -0.15) is 5.10 Å². The van der Waals surface area contributed by atoms with E-state index < -0.39 is 15.0 Å². The highest BCUT2D eigenvalue weighted by molar-refractivity contribution is 8.13. The number of aromatic amines is 1. The number of H-pyrrole nitrogens is 1. The number of hydrogen-bond acceptors (Lipinski definition) is 5. The fourth-order valence-corrected chi connectivity index (χ4v) is 2.71. The Labute approximate surface area is 116 Å². The summed E-state index contributed by atoms with van der Waals surface area (Å²) in [6.07, 6.45) is 0.0153. The fraction of sp³-hybridized carbons (Fsp3) is 0.636. The summed E-state index contributed by atoms with van der Waals surface area (Å²) in [5.74, 6) is -0.680. The molecule has 1 heterocycles. The Bertz CT molecular complexity index is 565. The van der Waals surface area contributed by atoms with E-state index in [9.17, 15) is 13.2 Å². The van der Waals surface area contributed by atoms with Crippen molar-refractivity contribution in [1.29, 1.82) is 0 Å². The van der Waals surface area contributed by atoms with Crippen LogP contribution < -0.4 is 0 Å². The zero-order valence-corrected chi connectivity index (χ0v) is 12.8. The van der Waals surface area contributed by atoms with Gasteiger partial charge in [0.2, 0.25) is 0 Å². The number of hydrogen-bond donors (Lipinski definition) is 1. The summed E-state index contributed by atoms with van der Waals surface area (Å²) in [6, 6.07) is 0. The Morgan fingerprint density at radius 1 is 1.42 bits per heavy atom. The van der Waals surface area contributed by atoms with Gasteiger partial charge in [0.25, 0.3) is 9.05 Å². The van der Waals surface area contributed by atoms with Crippen molar-refractivity contribution in [3.63, 3.8) is 0 Å². The molecule has 0 bridgehead atoms. The Kier molecular flexibility index (Phi) is 4.98. The number of ether oxygens (including phenoxy) is 1. The predicted octanol–water partition coefficient (Wildman–Crippen LogP) is 2.10. The summed E-state index contributed by atoms with van der Waals surface area (Å²) in [6.45, 7) is 7.23. The van der Waals surface area contributed by atoms with Crippen LogP contribution in [0.15, 0.2) is 4.90 Å². The summed E-state index contributed by atoms with van der Waals surface area (Å²) >= 11 is 0. The molecule has 1 atom stereocenters. The summed E-state index contributed by atoms with van der Waals surface area (Å²) < 4.78 is 28.2. The van der Waals surface area contributed by atoms with Gasteiger partial charge >= 0.3 is 5.97 Å². The first-order valence-electron chi connectivity index (χ1n) is 5.91. The number of aryl methyl sites for hydroxylation is 1. The van der Waals surface area contributed by atoms with E-state index in [4.69, 9.17) is 15.4 Å². The minimum Gasteiger partial charge on any atom is -0.458 e. The lowest BCUT2D eigenvalue weighted by atomic mass is 10.1. The second-order valence-corrected chi connectivity index (χ2v) is 7.03. The van der Waals surface area contributed by atoms with E-state index >= 15 is 0 Å². The number of nitrogens with one attached hydrogen (secondary N) is 1. The number of rotatable bonds is 5. The first kappa shape index (κ1) is 16.0. The number of aromatic nitrogens is 2. The number of carbonyl (C=O) groups excluding carboxylic acids is 1. The molecule has 1 aromatic heterocycles. The average molecular weight is 309 g/mol. The maximum Gasteiger partial charge on any atom is 0.360 e. The van der Waals surface area contributed by atoms with Crippen molar-refractivity contribution in [2.45, 2.75) is 45.1 Å². The minimum atomic E-state index is -4.06. The zero-order chi connectivity index (χ0) is 14.8. The Balaban J connectivity index is 3.15. The van der Waals surface area contributed by atoms with Crippen molar-refractivity contribution in [2.75, 3.05) is 0 Å². The normalized spacial score (nSPS) is 13.6. The highest BCUT2D eigenvalue weighted by atomic mass is 35.7. The molecule has 19 heavy (non-hydrogen) atoms. The van der Waals surface area contributed by atoms with E-state index in [1.165, 1.54) is 0 Å². The first-order valence-corrected chi connectivity index (χ1v) is 8.22. The molecule has 8 heteroatoms. The monoisotopic (exact) mass is 308 g/mol. The molecule has 108 valence electrons. The van der Waals surface area contributed by atoms with Gasteiger partial charge in [-0.15, -0.1) is 0 Å². The molecule has 0 spiro atoms. The van der Waals surface area contributed by atoms with Crippen LogP contribution in [0.2, 0.25) is 0 Å². The molecule has 0 amide bonds. The van der Waals surface area contributed by atoms with Crippen LogP contribution in [-0.4, -0.2) is 30.7 Å². The van der Waals surface area contributed by atoms with Gasteiger partial charge in [-0.3, -0.25) is 5.10 Å². The van der Waals surface area contributed by atoms with Gasteiger partial charge in [0.15, 0.2) is 5.69 Å². The molecule has 0 radical (unpaired) electrons. The highest BCUT2D eigenvalue weighted by Gasteiger charge is 2.29. The average Bonchev–Trinajstić information content (AvgIpc) is 2.71. The second-order valence-electron chi connectivity index (χ2n) is 4.53. The molecule has 0 aliphatic carbocycles. The van der Waals surface area contributed by atoms with Crippen molar-refractivity contribution in [3.8, 4) is 0 Å². The molecular weight excluding hydrogens is 292 g/mol. The van der Waals surface area contributed by atoms with Gasteiger partial charge in [-0.05, 0) is 19.3 Å². The summed E-state index contributed by atoms with van der Waals surface area (Å²) in [4.78, 5) is 11.6. The molecule has 6 nitrogen and oxygen atoms in total. The lowest BCUT2D eigenvalue weighted by Gasteiger charge is -2.15. The van der Waals surface area contributed by atoms with Gasteiger partial charge in [-0.1, -0.05) is 20.8 Å². The van der Waals surface area contributed by atoms with Crippen LogP contribution in [0.4, 0.5) is 0 Å². The third kappa shape index (κ3) is 3.70. The molecule has 0 aromatic carbocycles. The molecular formula is C11H17ClN2O4S. The molecule has 0 fully saturated rings.